The van der Waals surface area contributed by atoms with Gasteiger partial charge in [0.05, 0.1) is 24.4 Å². The lowest BCUT2D eigenvalue weighted by molar-refractivity contribution is -0.137. The molecule has 27 heavy (non-hydrogen) atoms. The molecule has 4 nitrogen and oxygen atoms in total. The quantitative estimate of drug-likeness (QED) is 0.662. The van der Waals surface area contributed by atoms with Gasteiger partial charge in [-0.3, -0.25) is 10.1 Å². The van der Waals surface area contributed by atoms with Gasteiger partial charge in [0.1, 0.15) is 5.76 Å². The minimum atomic E-state index is -4.46. The minimum Gasteiger partial charge on any atom is -0.467 e. The Morgan fingerprint density at radius 3 is 2.44 bits per heavy atom. The van der Waals surface area contributed by atoms with Crippen molar-refractivity contribution < 1.29 is 22.4 Å². The molecular weight excluding hydrogens is 357 g/mol. The molecule has 0 aliphatic carbocycles. The molecule has 2 aromatic carbocycles. The van der Waals surface area contributed by atoms with E-state index in [1.807, 2.05) is 30.3 Å². The van der Waals surface area contributed by atoms with Gasteiger partial charge in [-0.25, -0.2) is 0 Å². The van der Waals surface area contributed by atoms with Crippen LogP contribution in [0, 0.1) is 0 Å². The van der Waals surface area contributed by atoms with Crippen LogP contribution in [0.25, 0.3) is 0 Å². The Balaban J connectivity index is 1.67. The Hall–Kier alpha value is -3.06. The predicted octanol–water partition coefficient (Wildman–Crippen LogP) is 4.62. The normalized spacial score (nSPS) is 12.6. The van der Waals surface area contributed by atoms with E-state index in [0.717, 1.165) is 17.7 Å². The standard InChI is InChI=1S/C20H17F3N2O2/c21-20(22,23)15-8-4-9-16(12-15)25-18(26)13-24-19(17-10-5-11-27-17)14-6-2-1-3-7-14/h1-12,19,24H,13H2,(H,25,26)/t19-/m1/s1. The highest BCUT2D eigenvalue weighted by Gasteiger charge is 2.30. The Kier molecular flexibility index (Phi) is 5.61. The Morgan fingerprint density at radius 1 is 1.00 bits per heavy atom. The summed E-state index contributed by atoms with van der Waals surface area (Å²) < 4.78 is 43.7. The van der Waals surface area contributed by atoms with Gasteiger partial charge in [-0.15, -0.1) is 0 Å². The average Bonchev–Trinajstić information content (AvgIpc) is 3.17. The van der Waals surface area contributed by atoms with Gasteiger partial charge in [-0.2, -0.15) is 13.2 Å². The maximum atomic E-state index is 12.8. The largest absolute Gasteiger partial charge is 0.467 e. The van der Waals surface area contributed by atoms with Crippen LogP contribution >= 0.6 is 0 Å². The molecule has 1 atom stereocenters. The molecule has 1 heterocycles. The second-order valence-electron chi connectivity index (χ2n) is 5.87. The summed E-state index contributed by atoms with van der Waals surface area (Å²) in [7, 11) is 0. The maximum absolute atomic E-state index is 12.8. The van der Waals surface area contributed by atoms with Crippen molar-refractivity contribution in [3.05, 3.63) is 89.9 Å². The van der Waals surface area contributed by atoms with E-state index in [4.69, 9.17) is 4.42 Å². The van der Waals surface area contributed by atoms with Gasteiger partial charge >= 0.3 is 6.18 Å². The fourth-order valence-corrected chi connectivity index (χ4v) is 2.66. The van der Waals surface area contributed by atoms with Gasteiger partial charge in [-0.05, 0) is 35.9 Å². The number of rotatable bonds is 6. The van der Waals surface area contributed by atoms with Crippen molar-refractivity contribution in [3.8, 4) is 0 Å². The van der Waals surface area contributed by atoms with Crippen LogP contribution in [-0.4, -0.2) is 12.5 Å². The zero-order chi connectivity index (χ0) is 19.3. The predicted molar refractivity (Wildman–Crippen MR) is 95.1 cm³/mol. The molecule has 0 radical (unpaired) electrons. The van der Waals surface area contributed by atoms with Crippen molar-refractivity contribution in [3.63, 3.8) is 0 Å². The SMILES string of the molecule is O=C(CN[C@H](c1ccccc1)c1ccco1)Nc1cccc(C(F)(F)F)c1. The second-order valence-corrected chi connectivity index (χ2v) is 5.87. The summed E-state index contributed by atoms with van der Waals surface area (Å²) in [4.78, 5) is 12.2. The first-order chi connectivity index (χ1) is 12.9. The zero-order valence-corrected chi connectivity index (χ0v) is 14.2. The van der Waals surface area contributed by atoms with Crippen LogP contribution in [0.1, 0.15) is 22.9 Å². The third kappa shape index (κ3) is 4.98. The van der Waals surface area contributed by atoms with Crippen LogP contribution in [-0.2, 0) is 11.0 Å². The molecule has 0 aliphatic rings. The summed E-state index contributed by atoms with van der Waals surface area (Å²) >= 11 is 0. The lowest BCUT2D eigenvalue weighted by Gasteiger charge is -2.17. The first kappa shape index (κ1) is 18.7. The molecule has 7 heteroatoms. The molecule has 0 spiro atoms. The van der Waals surface area contributed by atoms with E-state index < -0.39 is 17.6 Å². The highest BCUT2D eigenvalue weighted by atomic mass is 19.4. The third-order valence-corrected chi connectivity index (χ3v) is 3.90. The van der Waals surface area contributed by atoms with Crippen molar-refractivity contribution in [2.45, 2.75) is 12.2 Å². The van der Waals surface area contributed by atoms with Crippen LogP contribution < -0.4 is 10.6 Å². The molecular formula is C20H17F3N2O2. The average molecular weight is 374 g/mol. The lowest BCUT2D eigenvalue weighted by atomic mass is 10.0. The van der Waals surface area contributed by atoms with Gasteiger partial charge in [0, 0.05) is 5.69 Å². The molecule has 0 saturated heterocycles. The fourth-order valence-electron chi connectivity index (χ4n) is 2.66. The van der Waals surface area contributed by atoms with Crippen LogP contribution in [0.2, 0.25) is 0 Å². The van der Waals surface area contributed by atoms with Crippen LogP contribution in [0.15, 0.2) is 77.4 Å². The van der Waals surface area contributed by atoms with Gasteiger partial charge in [0.25, 0.3) is 0 Å². The number of carbonyl (C=O) groups is 1. The van der Waals surface area contributed by atoms with Gasteiger partial charge in [-0.1, -0.05) is 36.4 Å². The first-order valence-corrected chi connectivity index (χ1v) is 8.22. The number of halogens is 3. The Bertz CT molecular complexity index is 878. The molecule has 3 aromatic rings. The molecule has 1 amide bonds. The van der Waals surface area contributed by atoms with Crippen molar-refractivity contribution >= 4 is 11.6 Å². The Labute approximate surface area is 154 Å². The van der Waals surface area contributed by atoms with Crippen molar-refractivity contribution in [2.24, 2.45) is 0 Å². The molecule has 0 saturated carbocycles. The second kappa shape index (κ2) is 8.09. The number of carbonyl (C=O) groups excluding carboxylic acids is 1. The minimum absolute atomic E-state index is 0.0888. The third-order valence-electron chi connectivity index (χ3n) is 3.90. The van der Waals surface area contributed by atoms with Crippen molar-refractivity contribution in [1.82, 2.24) is 5.32 Å². The number of nitrogens with one attached hydrogen (secondary N) is 2. The number of benzene rings is 2. The fraction of sp³-hybridized carbons (Fsp3) is 0.150. The molecule has 2 N–H and O–H groups in total. The molecule has 140 valence electrons. The molecule has 1 aromatic heterocycles. The topological polar surface area (TPSA) is 54.3 Å². The molecule has 3 rings (SSSR count). The summed E-state index contributed by atoms with van der Waals surface area (Å²) in [5.74, 6) is 0.176. The summed E-state index contributed by atoms with van der Waals surface area (Å²) in [6, 6.07) is 17.1. The monoisotopic (exact) mass is 374 g/mol. The van der Waals surface area contributed by atoms with E-state index in [-0.39, 0.29) is 18.3 Å². The van der Waals surface area contributed by atoms with E-state index in [9.17, 15) is 18.0 Å². The number of furan rings is 1. The lowest BCUT2D eigenvalue weighted by Crippen LogP contribution is -2.31. The number of hydrogen-bond acceptors (Lipinski definition) is 3. The van der Waals surface area contributed by atoms with E-state index in [1.54, 1.807) is 12.1 Å². The van der Waals surface area contributed by atoms with E-state index in [1.165, 1.54) is 18.4 Å². The summed E-state index contributed by atoms with van der Waals surface area (Å²) in [5.41, 5.74) is 0.177. The van der Waals surface area contributed by atoms with Gasteiger partial charge < -0.3 is 9.73 Å². The summed E-state index contributed by atoms with van der Waals surface area (Å²) in [6.07, 6.45) is -2.92. The summed E-state index contributed by atoms with van der Waals surface area (Å²) in [6.45, 7) is -0.101. The molecule has 0 unspecified atom stereocenters. The van der Waals surface area contributed by atoms with Crippen LogP contribution in [0.3, 0.4) is 0 Å². The van der Waals surface area contributed by atoms with Crippen LogP contribution in [0.5, 0.6) is 0 Å². The van der Waals surface area contributed by atoms with E-state index >= 15 is 0 Å². The van der Waals surface area contributed by atoms with Crippen molar-refractivity contribution in [1.29, 1.82) is 0 Å². The summed E-state index contributed by atoms with van der Waals surface area (Å²) in [5, 5.41) is 5.55. The molecule has 0 aliphatic heterocycles. The number of alkyl halides is 3. The Morgan fingerprint density at radius 2 is 1.78 bits per heavy atom. The first-order valence-electron chi connectivity index (χ1n) is 8.22. The number of anilines is 1. The smallest absolute Gasteiger partial charge is 0.416 e. The maximum Gasteiger partial charge on any atom is 0.416 e. The number of hydrogen-bond donors (Lipinski definition) is 2. The number of amides is 1. The zero-order valence-electron chi connectivity index (χ0n) is 14.2. The van der Waals surface area contributed by atoms with Gasteiger partial charge in [0.15, 0.2) is 0 Å². The van der Waals surface area contributed by atoms with E-state index in [0.29, 0.717) is 5.76 Å². The van der Waals surface area contributed by atoms with Crippen LogP contribution in [0.4, 0.5) is 18.9 Å². The molecule has 0 bridgehead atoms. The molecule has 0 fully saturated rings. The van der Waals surface area contributed by atoms with Gasteiger partial charge in [0.2, 0.25) is 5.91 Å². The van der Waals surface area contributed by atoms with E-state index in [2.05, 4.69) is 10.6 Å². The highest BCUT2D eigenvalue weighted by molar-refractivity contribution is 5.92. The highest BCUT2D eigenvalue weighted by Crippen LogP contribution is 2.30. The van der Waals surface area contributed by atoms with Crippen molar-refractivity contribution in [2.75, 3.05) is 11.9 Å².